The van der Waals surface area contributed by atoms with Crippen LogP contribution in [0.25, 0.3) is 0 Å². The zero-order chi connectivity index (χ0) is 6.69. The molecule has 1 radical (unpaired) electrons. The Morgan fingerprint density at radius 3 is 2.89 bits per heavy atom. The van der Waals surface area contributed by atoms with Gasteiger partial charge in [0.25, 0.3) is 0 Å². The van der Waals surface area contributed by atoms with E-state index in [0.717, 1.165) is 17.5 Å². The molecule has 0 amide bonds. The Balaban J connectivity index is 2.94. The van der Waals surface area contributed by atoms with Crippen LogP contribution < -0.4 is 5.46 Å². The summed E-state index contributed by atoms with van der Waals surface area (Å²) in [6, 6.07) is 3.44. The van der Waals surface area contributed by atoms with Gasteiger partial charge in [-0.3, -0.25) is 0 Å². The summed E-state index contributed by atoms with van der Waals surface area (Å²) in [6.07, 6.45) is 1.62. The maximum absolute atomic E-state index is 8.49. The molecule has 0 spiro atoms. The molecule has 1 rings (SSSR count). The number of hydrogen-bond acceptors (Lipinski definition) is 2. The summed E-state index contributed by atoms with van der Waals surface area (Å²) in [5, 5.41) is 8.49. The Hall–Kier alpha value is -0.345. The van der Waals surface area contributed by atoms with Crippen molar-refractivity contribution < 1.29 is 5.02 Å². The van der Waals surface area contributed by atoms with Gasteiger partial charge in [0.05, 0.1) is 0 Å². The smallest absolute Gasteiger partial charge is 0.326 e. The fourth-order valence-corrected chi connectivity index (χ4v) is 0.880. The number of pyridine rings is 1. The van der Waals surface area contributed by atoms with Gasteiger partial charge in [-0.05, 0) is 33.5 Å². The molecule has 1 aromatic rings. The summed E-state index contributed by atoms with van der Waals surface area (Å²) in [5.74, 6) is 0. The van der Waals surface area contributed by atoms with Crippen LogP contribution in [0.1, 0.15) is 0 Å². The highest BCUT2D eigenvalue weighted by Crippen LogP contribution is 1.99. The van der Waals surface area contributed by atoms with Gasteiger partial charge < -0.3 is 5.02 Å². The predicted octanol–water partition coefficient (Wildman–Crippen LogP) is 0.0809. The molecule has 0 aliphatic rings. The van der Waals surface area contributed by atoms with Crippen molar-refractivity contribution in [1.82, 2.24) is 4.98 Å². The number of rotatable bonds is 1. The lowest BCUT2D eigenvalue weighted by Crippen LogP contribution is -2.12. The van der Waals surface area contributed by atoms with Gasteiger partial charge in [-0.1, -0.05) is 0 Å². The Morgan fingerprint density at radius 2 is 2.44 bits per heavy atom. The van der Waals surface area contributed by atoms with Crippen LogP contribution in [0.15, 0.2) is 22.9 Å². The van der Waals surface area contributed by atoms with Crippen molar-refractivity contribution in [2.45, 2.75) is 0 Å². The summed E-state index contributed by atoms with van der Waals surface area (Å²) in [5.41, 5.74) is 0.747. The van der Waals surface area contributed by atoms with Crippen LogP contribution in [0.5, 0.6) is 0 Å². The molecule has 0 saturated carbocycles. The fraction of sp³-hybridized carbons (Fsp3) is 0. The van der Waals surface area contributed by atoms with Gasteiger partial charge in [0, 0.05) is 6.20 Å². The SMILES string of the molecule is O[B]c1ccnc(Br)c1. The van der Waals surface area contributed by atoms with E-state index in [0.29, 0.717) is 0 Å². The molecule has 0 saturated heterocycles. The minimum absolute atomic E-state index is 0.727. The molecular formula is C5H4BBrNO. The summed E-state index contributed by atoms with van der Waals surface area (Å²) < 4.78 is 0.727. The lowest BCUT2D eigenvalue weighted by Gasteiger charge is -1.91. The van der Waals surface area contributed by atoms with Crippen molar-refractivity contribution in [3.8, 4) is 0 Å². The van der Waals surface area contributed by atoms with E-state index in [-0.39, 0.29) is 0 Å². The zero-order valence-electron chi connectivity index (χ0n) is 4.58. The number of hydrogen-bond donors (Lipinski definition) is 1. The largest absolute Gasteiger partial charge is 0.450 e. The first-order chi connectivity index (χ1) is 4.33. The fourth-order valence-electron chi connectivity index (χ4n) is 0.498. The van der Waals surface area contributed by atoms with Gasteiger partial charge in [-0.25, -0.2) is 4.98 Å². The highest BCUT2D eigenvalue weighted by molar-refractivity contribution is 9.10. The first kappa shape index (κ1) is 6.77. The third-order valence-electron chi connectivity index (χ3n) is 0.900. The van der Waals surface area contributed by atoms with E-state index in [1.807, 2.05) is 0 Å². The Labute approximate surface area is 62.3 Å². The van der Waals surface area contributed by atoms with E-state index in [1.165, 1.54) is 0 Å². The summed E-state index contributed by atoms with van der Waals surface area (Å²) in [7, 11) is 1.03. The highest BCUT2D eigenvalue weighted by Gasteiger charge is 1.92. The minimum Gasteiger partial charge on any atom is -0.450 e. The van der Waals surface area contributed by atoms with Gasteiger partial charge in [-0.2, -0.15) is 0 Å². The quantitative estimate of drug-likeness (QED) is 0.496. The molecule has 45 valence electrons. The molecule has 4 heteroatoms. The average Bonchev–Trinajstić information content (AvgIpc) is 1.88. The lowest BCUT2D eigenvalue weighted by atomic mass is 9.90. The van der Waals surface area contributed by atoms with Gasteiger partial charge in [0.1, 0.15) is 4.60 Å². The lowest BCUT2D eigenvalue weighted by molar-refractivity contribution is 0.615. The molecule has 2 nitrogen and oxygen atoms in total. The summed E-state index contributed by atoms with van der Waals surface area (Å²) in [6.45, 7) is 0. The maximum Gasteiger partial charge on any atom is 0.326 e. The third-order valence-corrected chi connectivity index (χ3v) is 1.33. The monoisotopic (exact) mass is 184 g/mol. The Kier molecular flexibility index (Phi) is 2.25. The van der Waals surface area contributed by atoms with Crippen LogP contribution in [-0.4, -0.2) is 17.5 Å². The second-order valence-corrected chi connectivity index (χ2v) is 2.35. The van der Waals surface area contributed by atoms with E-state index in [9.17, 15) is 0 Å². The van der Waals surface area contributed by atoms with Crippen molar-refractivity contribution in [2.75, 3.05) is 0 Å². The van der Waals surface area contributed by atoms with Crippen molar-refractivity contribution in [3.05, 3.63) is 22.9 Å². The maximum atomic E-state index is 8.49. The molecule has 1 heterocycles. The summed E-state index contributed by atoms with van der Waals surface area (Å²) in [4.78, 5) is 3.87. The first-order valence-electron chi connectivity index (χ1n) is 2.42. The number of aromatic nitrogens is 1. The van der Waals surface area contributed by atoms with Crippen molar-refractivity contribution in [3.63, 3.8) is 0 Å². The molecule has 0 aliphatic heterocycles. The normalized spacial score (nSPS) is 9.11. The van der Waals surface area contributed by atoms with Crippen molar-refractivity contribution in [1.29, 1.82) is 0 Å². The molecule has 1 N–H and O–H groups in total. The predicted molar refractivity (Wildman–Crippen MR) is 39.5 cm³/mol. The van der Waals surface area contributed by atoms with E-state index in [1.54, 1.807) is 18.3 Å². The molecule has 0 fully saturated rings. The van der Waals surface area contributed by atoms with Crippen LogP contribution >= 0.6 is 15.9 Å². The second kappa shape index (κ2) is 2.99. The average molecular weight is 185 g/mol. The second-order valence-electron chi connectivity index (χ2n) is 1.54. The van der Waals surface area contributed by atoms with E-state index in [4.69, 9.17) is 5.02 Å². The summed E-state index contributed by atoms with van der Waals surface area (Å²) >= 11 is 3.16. The van der Waals surface area contributed by atoms with Crippen molar-refractivity contribution >= 4 is 28.9 Å². The third kappa shape index (κ3) is 1.80. The van der Waals surface area contributed by atoms with E-state index in [2.05, 4.69) is 20.9 Å². The van der Waals surface area contributed by atoms with Crippen LogP contribution in [0.2, 0.25) is 0 Å². The minimum atomic E-state index is 0.727. The van der Waals surface area contributed by atoms with Gasteiger partial charge in [0.2, 0.25) is 0 Å². The molecule has 9 heavy (non-hydrogen) atoms. The van der Waals surface area contributed by atoms with Crippen LogP contribution in [0, 0.1) is 0 Å². The zero-order valence-corrected chi connectivity index (χ0v) is 6.17. The molecule has 0 bridgehead atoms. The van der Waals surface area contributed by atoms with Crippen LogP contribution in [0.4, 0.5) is 0 Å². The molecular weight excluding hydrogens is 181 g/mol. The van der Waals surface area contributed by atoms with Crippen LogP contribution in [-0.2, 0) is 0 Å². The Bertz CT molecular complexity index is 206. The van der Waals surface area contributed by atoms with Crippen LogP contribution in [0.3, 0.4) is 0 Å². The van der Waals surface area contributed by atoms with E-state index >= 15 is 0 Å². The Morgan fingerprint density at radius 1 is 1.67 bits per heavy atom. The molecule has 1 aromatic heterocycles. The van der Waals surface area contributed by atoms with Gasteiger partial charge in [-0.15, -0.1) is 0 Å². The standard InChI is InChI=1S/C5H4BBrNO/c7-5-3-4(6-9)1-2-8-5/h1-3,9H. The van der Waals surface area contributed by atoms with Gasteiger partial charge >= 0.3 is 7.48 Å². The molecule has 0 atom stereocenters. The number of halogens is 1. The molecule has 0 aliphatic carbocycles. The number of nitrogens with zero attached hydrogens (tertiary/aromatic N) is 1. The first-order valence-corrected chi connectivity index (χ1v) is 3.21. The topological polar surface area (TPSA) is 33.1 Å². The molecule has 0 aromatic carbocycles. The van der Waals surface area contributed by atoms with Crippen molar-refractivity contribution in [2.24, 2.45) is 0 Å². The van der Waals surface area contributed by atoms with E-state index < -0.39 is 0 Å². The highest BCUT2D eigenvalue weighted by atomic mass is 79.9. The van der Waals surface area contributed by atoms with Gasteiger partial charge in [0.15, 0.2) is 0 Å². The molecule has 0 unspecified atom stereocenters.